The van der Waals surface area contributed by atoms with Crippen LogP contribution < -0.4 is 5.32 Å². The van der Waals surface area contributed by atoms with Crippen LogP contribution in [0.3, 0.4) is 0 Å². The number of carbonyl (C=O) groups excluding carboxylic acids is 1. The summed E-state index contributed by atoms with van der Waals surface area (Å²) in [4.78, 5) is 18.7. The summed E-state index contributed by atoms with van der Waals surface area (Å²) in [6, 6.07) is 4.08. The molecule has 1 aliphatic rings. The highest BCUT2D eigenvalue weighted by molar-refractivity contribution is 6.30. The van der Waals surface area contributed by atoms with Gasteiger partial charge in [0.2, 0.25) is 5.91 Å². The minimum Gasteiger partial charge on any atom is -0.373 e. The maximum Gasteiger partial charge on any atom is 0.244 e. The van der Waals surface area contributed by atoms with Gasteiger partial charge in [0.15, 0.2) is 0 Å². The molecule has 1 amide bonds. The van der Waals surface area contributed by atoms with Gasteiger partial charge in [-0.25, -0.2) is 4.98 Å². The molecule has 116 valence electrons. The van der Waals surface area contributed by atoms with Crippen LogP contribution >= 0.6 is 11.6 Å². The van der Waals surface area contributed by atoms with Crippen LogP contribution in [0, 0.1) is 0 Å². The minimum atomic E-state index is 0.0603. The van der Waals surface area contributed by atoms with Crippen molar-refractivity contribution in [2.45, 2.75) is 25.4 Å². The number of nitrogens with one attached hydrogen (secondary N) is 1. The number of aromatic nitrogens is 3. The normalized spacial score (nSPS) is 17.7. The van der Waals surface area contributed by atoms with Crippen molar-refractivity contribution in [3.8, 4) is 0 Å². The highest BCUT2D eigenvalue weighted by Gasteiger charge is 2.30. The first-order valence-electron chi connectivity index (χ1n) is 7.28. The summed E-state index contributed by atoms with van der Waals surface area (Å²) in [5, 5.41) is 7.64. The summed E-state index contributed by atoms with van der Waals surface area (Å²) in [7, 11) is 1.84. The molecule has 0 unspecified atom stereocenters. The Labute approximate surface area is 134 Å². The Morgan fingerprint density at radius 1 is 1.55 bits per heavy atom. The molecule has 1 saturated heterocycles. The zero-order chi connectivity index (χ0) is 15.5. The van der Waals surface area contributed by atoms with Crippen molar-refractivity contribution in [1.82, 2.24) is 19.7 Å². The van der Waals surface area contributed by atoms with E-state index in [1.54, 1.807) is 23.3 Å². The van der Waals surface area contributed by atoms with Crippen molar-refractivity contribution in [1.29, 1.82) is 0 Å². The molecule has 3 heterocycles. The third-order valence-corrected chi connectivity index (χ3v) is 4.09. The van der Waals surface area contributed by atoms with Crippen molar-refractivity contribution in [3.63, 3.8) is 0 Å². The van der Waals surface area contributed by atoms with Crippen LogP contribution in [0.4, 0.5) is 5.82 Å². The number of carbonyl (C=O) groups is 1. The fourth-order valence-corrected chi connectivity index (χ4v) is 3.01. The van der Waals surface area contributed by atoms with Crippen molar-refractivity contribution >= 4 is 23.3 Å². The first kappa shape index (κ1) is 14.8. The van der Waals surface area contributed by atoms with E-state index in [9.17, 15) is 4.79 Å². The lowest BCUT2D eigenvalue weighted by Crippen LogP contribution is -2.33. The standard InChI is InChI=1S/C15H18ClN5O/c1-17-14-7-11(4-5-18-14)13-3-2-6-21(13)15(22)10-20-9-12(16)8-19-20/h4-5,7-9,13H,2-3,6,10H2,1H3,(H,17,18)/t13-/m0/s1. The summed E-state index contributed by atoms with van der Waals surface area (Å²) in [6.45, 7) is 0.989. The number of nitrogens with zero attached hydrogens (tertiary/aromatic N) is 4. The number of likely N-dealkylation sites (tertiary alicyclic amines) is 1. The van der Waals surface area contributed by atoms with Crippen LogP contribution in [-0.2, 0) is 11.3 Å². The Balaban J connectivity index is 1.75. The second kappa shape index (κ2) is 6.36. The van der Waals surface area contributed by atoms with Crippen LogP contribution in [-0.4, -0.2) is 39.2 Å². The number of hydrogen-bond donors (Lipinski definition) is 1. The van der Waals surface area contributed by atoms with E-state index in [0.717, 1.165) is 30.8 Å². The van der Waals surface area contributed by atoms with Gasteiger partial charge in [0.05, 0.1) is 17.3 Å². The lowest BCUT2D eigenvalue weighted by molar-refractivity contribution is -0.133. The predicted molar refractivity (Wildman–Crippen MR) is 84.7 cm³/mol. The lowest BCUT2D eigenvalue weighted by Gasteiger charge is -2.25. The topological polar surface area (TPSA) is 63.1 Å². The maximum absolute atomic E-state index is 12.6. The molecule has 22 heavy (non-hydrogen) atoms. The molecule has 0 aliphatic carbocycles. The molecule has 7 heteroatoms. The van der Waals surface area contributed by atoms with Crippen molar-refractivity contribution in [2.24, 2.45) is 0 Å². The molecule has 1 N–H and O–H groups in total. The van der Waals surface area contributed by atoms with Gasteiger partial charge in [-0.05, 0) is 30.5 Å². The van der Waals surface area contributed by atoms with E-state index in [-0.39, 0.29) is 18.5 Å². The summed E-state index contributed by atoms with van der Waals surface area (Å²) in [5.74, 6) is 0.876. The predicted octanol–water partition coefficient (Wildman–Crippen LogP) is 2.34. The van der Waals surface area contributed by atoms with Crippen LogP contribution in [0.25, 0.3) is 0 Å². The monoisotopic (exact) mass is 319 g/mol. The number of rotatable bonds is 4. The maximum atomic E-state index is 12.6. The average molecular weight is 320 g/mol. The molecule has 6 nitrogen and oxygen atoms in total. The molecule has 1 fully saturated rings. The van der Waals surface area contributed by atoms with Gasteiger partial charge in [-0.15, -0.1) is 0 Å². The van der Waals surface area contributed by atoms with Crippen LogP contribution in [0.1, 0.15) is 24.4 Å². The molecule has 3 rings (SSSR count). The molecule has 1 atom stereocenters. The molecule has 2 aromatic rings. The summed E-state index contributed by atoms with van der Waals surface area (Å²) < 4.78 is 1.58. The molecule has 0 saturated carbocycles. The van der Waals surface area contributed by atoms with Crippen LogP contribution in [0.5, 0.6) is 0 Å². The molecule has 0 bridgehead atoms. The number of anilines is 1. The van der Waals surface area contributed by atoms with Gasteiger partial charge in [0, 0.05) is 26.0 Å². The Morgan fingerprint density at radius 2 is 2.41 bits per heavy atom. The molecular weight excluding hydrogens is 302 g/mol. The van der Waals surface area contributed by atoms with E-state index in [1.807, 2.05) is 24.1 Å². The molecule has 0 spiro atoms. The van der Waals surface area contributed by atoms with Crippen molar-refractivity contribution in [2.75, 3.05) is 18.9 Å². The smallest absolute Gasteiger partial charge is 0.244 e. The van der Waals surface area contributed by atoms with E-state index in [4.69, 9.17) is 11.6 Å². The fraction of sp³-hybridized carbons (Fsp3) is 0.400. The van der Waals surface area contributed by atoms with E-state index in [1.165, 1.54) is 0 Å². The number of pyridine rings is 1. The van der Waals surface area contributed by atoms with E-state index >= 15 is 0 Å². The molecule has 0 aromatic carbocycles. The van der Waals surface area contributed by atoms with Crippen LogP contribution in [0.15, 0.2) is 30.7 Å². The highest BCUT2D eigenvalue weighted by Crippen LogP contribution is 2.32. The zero-order valence-electron chi connectivity index (χ0n) is 12.4. The Kier molecular flexibility index (Phi) is 4.29. The second-order valence-corrected chi connectivity index (χ2v) is 5.76. The molecule has 0 radical (unpaired) electrons. The van der Waals surface area contributed by atoms with E-state index in [0.29, 0.717) is 5.02 Å². The lowest BCUT2D eigenvalue weighted by atomic mass is 10.1. The number of halogens is 1. The summed E-state index contributed by atoms with van der Waals surface area (Å²) in [6.07, 6.45) is 6.95. The molecular formula is C15H18ClN5O. The Bertz CT molecular complexity index is 671. The SMILES string of the molecule is CNc1cc([C@@H]2CCCN2C(=O)Cn2cc(Cl)cn2)ccn1. The highest BCUT2D eigenvalue weighted by atomic mass is 35.5. The van der Waals surface area contributed by atoms with Gasteiger partial charge in [0.25, 0.3) is 0 Å². The zero-order valence-corrected chi connectivity index (χ0v) is 13.1. The summed E-state index contributed by atoms with van der Waals surface area (Å²) >= 11 is 5.84. The van der Waals surface area contributed by atoms with Gasteiger partial charge in [-0.3, -0.25) is 9.48 Å². The van der Waals surface area contributed by atoms with E-state index in [2.05, 4.69) is 15.4 Å². The van der Waals surface area contributed by atoms with Gasteiger partial charge in [-0.1, -0.05) is 11.6 Å². The minimum absolute atomic E-state index is 0.0603. The fourth-order valence-electron chi connectivity index (χ4n) is 2.86. The second-order valence-electron chi connectivity index (χ2n) is 5.33. The quantitative estimate of drug-likeness (QED) is 0.939. The van der Waals surface area contributed by atoms with Gasteiger partial charge in [0.1, 0.15) is 12.4 Å². The third kappa shape index (κ3) is 3.06. The molecule has 2 aromatic heterocycles. The first-order valence-corrected chi connectivity index (χ1v) is 7.66. The van der Waals surface area contributed by atoms with Crippen LogP contribution in [0.2, 0.25) is 5.02 Å². The number of amides is 1. The summed E-state index contributed by atoms with van der Waals surface area (Å²) in [5.41, 5.74) is 1.11. The van der Waals surface area contributed by atoms with Crippen molar-refractivity contribution < 1.29 is 4.79 Å². The van der Waals surface area contributed by atoms with E-state index < -0.39 is 0 Å². The van der Waals surface area contributed by atoms with Gasteiger partial charge in [-0.2, -0.15) is 5.10 Å². The Morgan fingerprint density at radius 3 is 3.14 bits per heavy atom. The van der Waals surface area contributed by atoms with Gasteiger partial charge >= 0.3 is 0 Å². The average Bonchev–Trinajstić information content (AvgIpc) is 3.16. The molecule has 1 aliphatic heterocycles. The Hall–Kier alpha value is -2.08. The van der Waals surface area contributed by atoms with Gasteiger partial charge < -0.3 is 10.2 Å². The number of hydrogen-bond acceptors (Lipinski definition) is 4. The first-order chi connectivity index (χ1) is 10.7. The van der Waals surface area contributed by atoms with Crippen molar-refractivity contribution in [3.05, 3.63) is 41.3 Å². The third-order valence-electron chi connectivity index (χ3n) is 3.90. The largest absolute Gasteiger partial charge is 0.373 e.